The zero-order valence-electron chi connectivity index (χ0n) is 17.4. The quantitative estimate of drug-likeness (QED) is 0.542. The molecule has 2 N–H and O–H groups in total. The molecule has 8 heteroatoms. The highest BCUT2D eigenvalue weighted by molar-refractivity contribution is 6.48. The highest BCUT2D eigenvalue weighted by Crippen LogP contribution is 2.29. The van der Waals surface area contributed by atoms with Crippen LogP contribution >= 0.6 is 11.6 Å². The summed E-state index contributed by atoms with van der Waals surface area (Å²) in [5, 5.41) is 5.22. The van der Waals surface area contributed by atoms with Gasteiger partial charge in [-0.2, -0.15) is 0 Å². The number of aromatic nitrogens is 1. The van der Waals surface area contributed by atoms with E-state index in [0.29, 0.717) is 23.4 Å². The first-order chi connectivity index (χ1) is 13.4. The van der Waals surface area contributed by atoms with Crippen LogP contribution in [0.5, 0.6) is 0 Å². The molecule has 0 saturated carbocycles. The molecule has 29 heavy (non-hydrogen) atoms. The van der Waals surface area contributed by atoms with Crippen molar-refractivity contribution in [1.29, 1.82) is 0 Å². The fraction of sp³-hybridized carbons (Fsp3) is 0.381. The molecular formula is C21H25ClFN3O3. The van der Waals surface area contributed by atoms with E-state index in [4.69, 9.17) is 11.6 Å². The molecule has 2 amide bonds. The van der Waals surface area contributed by atoms with Crippen molar-refractivity contribution in [2.75, 3.05) is 5.32 Å². The van der Waals surface area contributed by atoms with Gasteiger partial charge in [0.1, 0.15) is 11.5 Å². The van der Waals surface area contributed by atoms with Gasteiger partial charge in [0, 0.05) is 24.0 Å². The molecule has 2 aromatic rings. The number of nitrogens with zero attached hydrogens (tertiary/aromatic N) is 1. The Morgan fingerprint density at radius 3 is 2.38 bits per heavy atom. The predicted octanol–water partition coefficient (Wildman–Crippen LogP) is 4.17. The number of amides is 2. The Morgan fingerprint density at radius 1 is 1.21 bits per heavy atom. The summed E-state index contributed by atoms with van der Waals surface area (Å²) in [6.07, 6.45) is 0.636. The fourth-order valence-electron chi connectivity index (χ4n) is 2.75. The van der Waals surface area contributed by atoms with Gasteiger partial charge in [-0.1, -0.05) is 18.5 Å². The molecule has 1 heterocycles. The standard InChI is InChI=1S/C21H25ClFN3O3/c1-7-21(4,5)25-20(29)18(27)17-16(22)15(12(3)26(17)6)19(28)24-13-8-9-14(23)11(2)10-13/h8-10H,7H2,1-6H3,(H,24,28)(H,25,29). The molecule has 0 fully saturated rings. The number of anilines is 1. The van der Waals surface area contributed by atoms with Crippen molar-refractivity contribution in [3.63, 3.8) is 0 Å². The largest absolute Gasteiger partial charge is 0.344 e. The van der Waals surface area contributed by atoms with Crippen molar-refractivity contribution in [1.82, 2.24) is 9.88 Å². The first-order valence-corrected chi connectivity index (χ1v) is 9.56. The van der Waals surface area contributed by atoms with Crippen LogP contribution in [0.25, 0.3) is 0 Å². The second-order valence-electron chi connectivity index (χ2n) is 7.62. The fourth-order valence-corrected chi connectivity index (χ4v) is 3.19. The third-order valence-corrected chi connectivity index (χ3v) is 5.40. The summed E-state index contributed by atoms with van der Waals surface area (Å²) < 4.78 is 14.9. The van der Waals surface area contributed by atoms with Crippen LogP contribution in [-0.4, -0.2) is 27.7 Å². The molecule has 0 atom stereocenters. The Morgan fingerprint density at radius 2 is 1.83 bits per heavy atom. The first kappa shape index (κ1) is 22.6. The molecule has 1 aromatic heterocycles. The van der Waals surface area contributed by atoms with E-state index in [1.807, 2.05) is 6.92 Å². The number of carbonyl (C=O) groups excluding carboxylic acids is 3. The number of hydrogen-bond acceptors (Lipinski definition) is 3. The molecule has 0 spiro atoms. The normalized spacial score (nSPS) is 11.3. The summed E-state index contributed by atoms with van der Waals surface area (Å²) in [7, 11) is 1.56. The Bertz CT molecular complexity index is 996. The van der Waals surface area contributed by atoms with Crippen molar-refractivity contribution in [2.24, 2.45) is 7.05 Å². The van der Waals surface area contributed by atoms with E-state index in [-0.39, 0.29) is 22.1 Å². The number of aryl methyl sites for hydroxylation is 1. The number of carbonyl (C=O) groups is 3. The van der Waals surface area contributed by atoms with E-state index in [1.165, 1.54) is 22.8 Å². The molecular weight excluding hydrogens is 397 g/mol. The van der Waals surface area contributed by atoms with Crippen LogP contribution in [0.1, 0.15) is 59.3 Å². The van der Waals surface area contributed by atoms with Crippen LogP contribution in [-0.2, 0) is 11.8 Å². The Labute approximate surface area is 174 Å². The summed E-state index contributed by atoms with van der Waals surface area (Å²) in [5.74, 6) is -2.55. The maximum atomic E-state index is 13.4. The van der Waals surface area contributed by atoms with Crippen molar-refractivity contribution >= 4 is 34.9 Å². The molecule has 0 bridgehead atoms. The minimum absolute atomic E-state index is 0.0611. The second-order valence-corrected chi connectivity index (χ2v) is 8.00. The molecule has 6 nitrogen and oxygen atoms in total. The van der Waals surface area contributed by atoms with E-state index < -0.39 is 23.1 Å². The molecule has 0 unspecified atom stereocenters. The number of nitrogens with one attached hydrogen (secondary N) is 2. The average molecular weight is 422 g/mol. The van der Waals surface area contributed by atoms with E-state index in [0.717, 1.165) is 0 Å². The van der Waals surface area contributed by atoms with E-state index in [1.54, 1.807) is 34.7 Å². The number of halogens is 2. The number of benzene rings is 1. The lowest BCUT2D eigenvalue weighted by atomic mass is 10.0. The van der Waals surface area contributed by atoms with Crippen molar-refractivity contribution in [3.8, 4) is 0 Å². The van der Waals surface area contributed by atoms with Gasteiger partial charge in [-0.15, -0.1) is 0 Å². The van der Waals surface area contributed by atoms with Gasteiger partial charge in [-0.3, -0.25) is 14.4 Å². The molecule has 0 radical (unpaired) electrons. The number of hydrogen-bond donors (Lipinski definition) is 2. The average Bonchev–Trinajstić information content (AvgIpc) is 2.86. The van der Waals surface area contributed by atoms with Gasteiger partial charge in [0.15, 0.2) is 0 Å². The first-order valence-electron chi connectivity index (χ1n) is 9.18. The molecule has 0 aliphatic rings. The van der Waals surface area contributed by atoms with Gasteiger partial charge in [0.05, 0.1) is 10.6 Å². The summed E-state index contributed by atoms with van der Waals surface area (Å²) in [6.45, 7) is 8.71. The number of Topliss-reactive ketones (excluding diaryl/α,β-unsaturated/α-hetero) is 1. The third kappa shape index (κ3) is 4.67. The minimum atomic E-state index is -0.821. The van der Waals surface area contributed by atoms with Gasteiger partial charge in [0.2, 0.25) is 0 Å². The topological polar surface area (TPSA) is 80.2 Å². The lowest BCUT2D eigenvalue weighted by molar-refractivity contribution is -0.118. The van der Waals surface area contributed by atoms with Crippen LogP contribution in [0, 0.1) is 19.7 Å². The molecule has 0 aliphatic carbocycles. The summed E-state index contributed by atoms with van der Waals surface area (Å²) in [4.78, 5) is 37.9. The van der Waals surface area contributed by atoms with Crippen LogP contribution in [0.3, 0.4) is 0 Å². The van der Waals surface area contributed by atoms with Crippen molar-refractivity contribution < 1.29 is 18.8 Å². The van der Waals surface area contributed by atoms with Crippen LogP contribution in [0.2, 0.25) is 5.02 Å². The maximum absolute atomic E-state index is 13.4. The summed E-state index contributed by atoms with van der Waals surface area (Å²) in [6, 6.07) is 4.17. The van der Waals surface area contributed by atoms with Gasteiger partial charge >= 0.3 is 0 Å². The zero-order valence-corrected chi connectivity index (χ0v) is 18.1. The van der Waals surface area contributed by atoms with Crippen LogP contribution in [0.15, 0.2) is 18.2 Å². The lowest BCUT2D eigenvalue weighted by Gasteiger charge is -2.23. The Balaban J connectivity index is 2.36. The Kier molecular flexibility index (Phi) is 6.53. The third-order valence-electron chi connectivity index (χ3n) is 5.03. The molecule has 0 saturated heterocycles. The molecule has 2 rings (SSSR count). The highest BCUT2D eigenvalue weighted by Gasteiger charge is 2.31. The number of ketones is 1. The second kappa shape index (κ2) is 8.37. The number of rotatable bonds is 6. The van der Waals surface area contributed by atoms with E-state index in [9.17, 15) is 18.8 Å². The van der Waals surface area contributed by atoms with Gasteiger partial charge in [-0.05, 0) is 57.9 Å². The minimum Gasteiger partial charge on any atom is -0.344 e. The predicted molar refractivity (Wildman–Crippen MR) is 111 cm³/mol. The van der Waals surface area contributed by atoms with E-state index in [2.05, 4.69) is 10.6 Å². The summed E-state index contributed by atoms with van der Waals surface area (Å²) in [5.41, 5.74) is 0.668. The lowest BCUT2D eigenvalue weighted by Crippen LogP contribution is -2.46. The van der Waals surface area contributed by atoms with Crippen molar-refractivity contribution in [2.45, 2.75) is 46.6 Å². The van der Waals surface area contributed by atoms with Gasteiger partial charge in [-0.25, -0.2) is 4.39 Å². The molecule has 1 aromatic carbocycles. The van der Waals surface area contributed by atoms with Gasteiger partial charge < -0.3 is 15.2 Å². The monoisotopic (exact) mass is 421 g/mol. The van der Waals surface area contributed by atoms with Crippen LogP contribution in [0.4, 0.5) is 10.1 Å². The molecule has 0 aliphatic heterocycles. The smallest absolute Gasteiger partial charge is 0.294 e. The highest BCUT2D eigenvalue weighted by atomic mass is 35.5. The van der Waals surface area contributed by atoms with Crippen molar-refractivity contribution in [3.05, 3.63) is 51.6 Å². The van der Waals surface area contributed by atoms with E-state index >= 15 is 0 Å². The molecule has 156 valence electrons. The van der Waals surface area contributed by atoms with Crippen LogP contribution < -0.4 is 10.6 Å². The maximum Gasteiger partial charge on any atom is 0.294 e. The summed E-state index contributed by atoms with van der Waals surface area (Å²) >= 11 is 6.35. The Hall–Kier alpha value is -2.67. The zero-order chi connectivity index (χ0) is 22.1. The van der Waals surface area contributed by atoms with Gasteiger partial charge in [0.25, 0.3) is 17.6 Å². The SMILES string of the molecule is CCC(C)(C)NC(=O)C(=O)c1c(Cl)c(C(=O)Nc2ccc(F)c(C)c2)c(C)n1C.